The predicted octanol–water partition coefficient (Wildman–Crippen LogP) is 2.69. The van der Waals surface area contributed by atoms with Gasteiger partial charge >= 0.3 is 0 Å². The van der Waals surface area contributed by atoms with Crippen LogP contribution >= 0.6 is 0 Å². The number of nitrogens with two attached hydrogens (primary N) is 1. The zero-order chi connectivity index (χ0) is 17.5. The quantitative estimate of drug-likeness (QED) is 0.893. The normalized spacial score (nSPS) is 19.8. The van der Waals surface area contributed by atoms with Crippen molar-refractivity contribution in [2.24, 2.45) is 11.1 Å². The van der Waals surface area contributed by atoms with Gasteiger partial charge in [-0.25, -0.2) is 13.6 Å². The van der Waals surface area contributed by atoms with E-state index in [2.05, 4.69) is 11.4 Å². The topological polar surface area (TPSA) is 89.3 Å². The number of carbonyl (C=O) groups excluding carboxylic acids is 1. The smallest absolute Gasteiger partial charge is 0.238 e. The van der Waals surface area contributed by atoms with Crippen LogP contribution in [-0.2, 0) is 14.8 Å². The first kappa shape index (κ1) is 16.7. The molecule has 0 spiro atoms. The number of nitrogens with one attached hydrogen (secondary N) is 1. The molecule has 0 radical (unpaired) electrons. The fourth-order valence-electron chi connectivity index (χ4n) is 3.04. The van der Waals surface area contributed by atoms with E-state index in [9.17, 15) is 13.2 Å². The third kappa shape index (κ3) is 3.34. The molecule has 1 aliphatic rings. The molecule has 0 aliphatic heterocycles. The Bertz CT molecular complexity index is 906. The Morgan fingerprint density at radius 1 is 1.17 bits per heavy atom. The van der Waals surface area contributed by atoms with Crippen molar-refractivity contribution in [3.63, 3.8) is 0 Å². The summed E-state index contributed by atoms with van der Waals surface area (Å²) in [6, 6.07) is 12.9. The summed E-state index contributed by atoms with van der Waals surface area (Å²) >= 11 is 0. The van der Waals surface area contributed by atoms with Crippen LogP contribution in [0.15, 0.2) is 47.4 Å². The van der Waals surface area contributed by atoms with E-state index < -0.39 is 10.0 Å². The van der Waals surface area contributed by atoms with E-state index in [1.54, 1.807) is 19.1 Å². The van der Waals surface area contributed by atoms with Crippen molar-refractivity contribution in [1.82, 2.24) is 0 Å². The number of anilines is 1. The maximum Gasteiger partial charge on any atom is 0.238 e. The van der Waals surface area contributed by atoms with E-state index in [-0.39, 0.29) is 22.6 Å². The predicted molar refractivity (Wildman–Crippen MR) is 93.2 cm³/mol. The lowest BCUT2D eigenvalue weighted by atomic mass is 10.1. The zero-order valence-corrected chi connectivity index (χ0v) is 14.4. The van der Waals surface area contributed by atoms with E-state index in [1.807, 2.05) is 25.1 Å². The Labute approximate surface area is 141 Å². The van der Waals surface area contributed by atoms with Crippen LogP contribution in [0, 0.1) is 19.8 Å². The molecule has 6 heteroatoms. The molecule has 0 aromatic heterocycles. The van der Waals surface area contributed by atoms with E-state index in [0.717, 1.165) is 6.42 Å². The molecule has 2 unspecified atom stereocenters. The third-order valence-electron chi connectivity index (χ3n) is 4.45. The average Bonchev–Trinajstić information content (AvgIpc) is 3.29. The van der Waals surface area contributed by atoms with Crippen molar-refractivity contribution >= 4 is 21.6 Å². The van der Waals surface area contributed by atoms with Crippen LogP contribution in [0.25, 0.3) is 0 Å². The lowest BCUT2D eigenvalue weighted by molar-refractivity contribution is -0.117. The fraction of sp³-hybridized carbons (Fsp3) is 0.278. The molecule has 0 bridgehead atoms. The van der Waals surface area contributed by atoms with Gasteiger partial charge in [0.1, 0.15) is 0 Å². The van der Waals surface area contributed by atoms with Gasteiger partial charge in [0.15, 0.2) is 0 Å². The number of amides is 1. The molecule has 126 valence electrons. The Morgan fingerprint density at radius 2 is 1.88 bits per heavy atom. The molecule has 3 rings (SSSR count). The van der Waals surface area contributed by atoms with Gasteiger partial charge in [-0.3, -0.25) is 4.79 Å². The maximum atomic E-state index is 12.5. The summed E-state index contributed by atoms with van der Waals surface area (Å²) < 4.78 is 23.1. The molecule has 1 saturated carbocycles. The molecule has 0 heterocycles. The summed E-state index contributed by atoms with van der Waals surface area (Å²) in [5.41, 5.74) is 3.29. The summed E-state index contributed by atoms with van der Waals surface area (Å²) in [7, 11) is -3.81. The van der Waals surface area contributed by atoms with Crippen molar-refractivity contribution in [2.75, 3.05) is 5.32 Å². The van der Waals surface area contributed by atoms with Gasteiger partial charge in [-0.15, -0.1) is 0 Å². The summed E-state index contributed by atoms with van der Waals surface area (Å²) in [6.07, 6.45) is 0.809. The second-order valence-electron chi connectivity index (χ2n) is 6.33. The lowest BCUT2D eigenvalue weighted by Gasteiger charge is -2.11. The Hall–Kier alpha value is -2.18. The van der Waals surface area contributed by atoms with Gasteiger partial charge in [0, 0.05) is 11.6 Å². The first-order chi connectivity index (χ1) is 11.3. The van der Waals surface area contributed by atoms with Gasteiger partial charge < -0.3 is 5.32 Å². The van der Waals surface area contributed by atoms with Gasteiger partial charge in [0.25, 0.3) is 0 Å². The number of primary sulfonamides is 1. The maximum absolute atomic E-state index is 12.5. The van der Waals surface area contributed by atoms with Gasteiger partial charge in [0.2, 0.25) is 15.9 Å². The molecular weight excluding hydrogens is 324 g/mol. The molecule has 3 N–H and O–H groups in total. The van der Waals surface area contributed by atoms with Crippen LogP contribution in [0.3, 0.4) is 0 Å². The van der Waals surface area contributed by atoms with E-state index >= 15 is 0 Å². The zero-order valence-electron chi connectivity index (χ0n) is 13.6. The van der Waals surface area contributed by atoms with Gasteiger partial charge in [0.05, 0.1) is 4.90 Å². The number of rotatable bonds is 4. The average molecular weight is 344 g/mol. The molecule has 5 nitrogen and oxygen atoms in total. The number of sulfonamides is 1. The summed E-state index contributed by atoms with van der Waals surface area (Å²) in [6.45, 7) is 3.67. The third-order valence-corrected chi connectivity index (χ3v) is 5.50. The van der Waals surface area contributed by atoms with Crippen LogP contribution in [-0.4, -0.2) is 14.3 Å². The first-order valence-corrected chi connectivity index (χ1v) is 9.32. The number of benzene rings is 2. The molecule has 2 aromatic carbocycles. The van der Waals surface area contributed by atoms with Crippen molar-refractivity contribution in [3.8, 4) is 0 Å². The largest absolute Gasteiger partial charge is 0.326 e. The second-order valence-corrected chi connectivity index (χ2v) is 7.86. The lowest BCUT2D eigenvalue weighted by Crippen LogP contribution is -2.18. The van der Waals surface area contributed by atoms with Crippen LogP contribution < -0.4 is 10.5 Å². The van der Waals surface area contributed by atoms with Gasteiger partial charge in [-0.05, 0) is 49.4 Å². The van der Waals surface area contributed by atoms with Gasteiger partial charge in [-0.1, -0.05) is 35.9 Å². The van der Waals surface area contributed by atoms with Gasteiger partial charge in [-0.2, -0.15) is 0 Å². The monoisotopic (exact) mass is 344 g/mol. The summed E-state index contributed by atoms with van der Waals surface area (Å²) in [5, 5.41) is 8.04. The van der Waals surface area contributed by atoms with Crippen LogP contribution in [0.2, 0.25) is 0 Å². The number of hydrogen-bond donors (Lipinski definition) is 2. The standard InChI is InChI=1S/C18H20N2O3S/c1-11-5-3-6-13(9-11)14-10-15(14)18(21)20-16-7-4-8-17(12(16)2)24(19,22)23/h3-9,14-15H,10H2,1-2H3,(H,20,21)(H2,19,22,23). The minimum atomic E-state index is -3.81. The van der Waals surface area contributed by atoms with Crippen molar-refractivity contribution in [1.29, 1.82) is 0 Å². The van der Waals surface area contributed by atoms with E-state index in [4.69, 9.17) is 5.14 Å². The van der Waals surface area contributed by atoms with E-state index in [0.29, 0.717) is 11.3 Å². The van der Waals surface area contributed by atoms with Crippen molar-refractivity contribution in [2.45, 2.75) is 31.1 Å². The Balaban J connectivity index is 1.75. The van der Waals surface area contributed by atoms with E-state index in [1.165, 1.54) is 17.2 Å². The minimum Gasteiger partial charge on any atom is -0.326 e. The molecular formula is C18H20N2O3S. The molecule has 2 aromatic rings. The Kier molecular flexibility index (Phi) is 4.19. The second kappa shape index (κ2) is 6.03. The molecule has 24 heavy (non-hydrogen) atoms. The minimum absolute atomic E-state index is 0.0336. The molecule has 1 aliphatic carbocycles. The molecule has 1 fully saturated rings. The highest BCUT2D eigenvalue weighted by atomic mass is 32.2. The van der Waals surface area contributed by atoms with Crippen LogP contribution in [0.5, 0.6) is 0 Å². The number of carbonyl (C=O) groups is 1. The number of hydrogen-bond acceptors (Lipinski definition) is 3. The highest BCUT2D eigenvalue weighted by molar-refractivity contribution is 7.89. The first-order valence-electron chi connectivity index (χ1n) is 7.77. The molecule has 0 saturated heterocycles. The van der Waals surface area contributed by atoms with Crippen molar-refractivity contribution < 1.29 is 13.2 Å². The van der Waals surface area contributed by atoms with Crippen molar-refractivity contribution in [3.05, 3.63) is 59.2 Å². The fourth-order valence-corrected chi connectivity index (χ4v) is 3.84. The number of aryl methyl sites for hydroxylation is 1. The van der Waals surface area contributed by atoms with Crippen LogP contribution in [0.1, 0.15) is 29.0 Å². The Morgan fingerprint density at radius 3 is 2.54 bits per heavy atom. The highest BCUT2D eigenvalue weighted by Crippen LogP contribution is 2.48. The molecule has 2 atom stereocenters. The SMILES string of the molecule is Cc1cccc(C2CC2C(=O)Nc2cccc(S(N)(=O)=O)c2C)c1. The van der Waals surface area contributed by atoms with Crippen LogP contribution in [0.4, 0.5) is 5.69 Å². The molecule has 1 amide bonds. The summed E-state index contributed by atoms with van der Waals surface area (Å²) in [5.74, 6) is 0.0622. The highest BCUT2D eigenvalue weighted by Gasteiger charge is 2.44. The summed E-state index contributed by atoms with van der Waals surface area (Å²) in [4.78, 5) is 12.5.